The smallest absolute Gasteiger partial charge is 0.0332 e. The molecule has 3 aliphatic rings. The molecule has 0 aromatic carbocycles. The first-order valence-electron chi connectivity index (χ1n) is 7.00. The second kappa shape index (κ2) is 4.28. The lowest BCUT2D eigenvalue weighted by Crippen LogP contribution is -2.63. The highest BCUT2D eigenvalue weighted by atomic mass is 15.3. The minimum atomic E-state index is 0.408. The molecular formula is C13H25N3. The lowest BCUT2D eigenvalue weighted by Gasteiger charge is -2.52. The van der Waals surface area contributed by atoms with Gasteiger partial charge in [0.05, 0.1) is 0 Å². The fourth-order valence-electron chi connectivity index (χ4n) is 3.30. The number of hydrogen-bond donors (Lipinski definition) is 1. The van der Waals surface area contributed by atoms with E-state index in [1.165, 1.54) is 64.8 Å². The number of piperazine rings is 1. The van der Waals surface area contributed by atoms with Crippen molar-refractivity contribution in [3.63, 3.8) is 0 Å². The van der Waals surface area contributed by atoms with E-state index in [9.17, 15) is 0 Å². The Morgan fingerprint density at radius 3 is 2.19 bits per heavy atom. The molecule has 0 amide bonds. The predicted octanol–water partition coefficient (Wildman–Crippen LogP) is 0.895. The Morgan fingerprint density at radius 2 is 1.75 bits per heavy atom. The van der Waals surface area contributed by atoms with Gasteiger partial charge in [-0.2, -0.15) is 0 Å². The second-order valence-electron chi connectivity index (χ2n) is 6.01. The van der Waals surface area contributed by atoms with E-state index < -0.39 is 0 Å². The molecule has 0 aromatic rings. The van der Waals surface area contributed by atoms with E-state index in [1.54, 1.807) is 0 Å². The van der Waals surface area contributed by atoms with Crippen LogP contribution in [0.5, 0.6) is 0 Å². The summed E-state index contributed by atoms with van der Waals surface area (Å²) in [5, 5.41) is 0. The third-order valence-electron chi connectivity index (χ3n) is 4.92. The zero-order valence-electron chi connectivity index (χ0n) is 10.3. The van der Waals surface area contributed by atoms with Crippen LogP contribution in [0.3, 0.4) is 0 Å². The molecule has 2 N–H and O–H groups in total. The molecule has 16 heavy (non-hydrogen) atoms. The number of rotatable bonds is 4. The number of hydrogen-bond acceptors (Lipinski definition) is 3. The largest absolute Gasteiger partial charge is 0.329 e. The van der Waals surface area contributed by atoms with Crippen molar-refractivity contribution in [2.24, 2.45) is 11.7 Å². The summed E-state index contributed by atoms with van der Waals surface area (Å²) in [6, 6.07) is 0. The highest BCUT2D eigenvalue weighted by molar-refractivity contribution is 5.00. The number of nitrogens with zero attached hydrogens (tertiary/aromatic N) is 2. The fraction of sp³-hybridized carbons (Fsp3) is 1.00. The Balaban J connectivity index is 1.49. The Bertz CT molecular complexity index is 232. The molecule has 92 valence electrons. The van der Waals surface area contributed by atoms with E-state index in [0.717, 1.165) is 12.5 Å². The SMILES string of the molecule is NCC1(N2CCN(CC3CC3)CC2)CCC1. The van der Waals surface area contributed by atoms with Crippen LogP contribution in [-0.2, 0) is 0 Å². The topological polar surface area (TPSA) is 32.5 Å². The highest BCUT2D eigenvalue weighted by Gasteiger charge is 2.42. The van der Waals surface area contributed by atoms with Crippen LogP contribution in [0.4, 0.5) is 0 Å². The molecule has 2 aliphatic carbocycles. The fourth-order valence-corrected chi connectivity index (χ4v) is 3.30. The third-order valence-corrected chi connectivity index (χ3v) is 4.92. The first-order valence-corrected chi connectivity index (χ1v) is 7.00. The molecular weight excluding hydrogens is 198 g/mol. The van der Waals surface area contributed by atoms with Crippen molar-refractivity contribution in [2.45, 2.75) is 37.6 Å². The molecule has 3 fully saturated rings. The van der Waals surface area contributed by atoms with Gasteiger partial charge in [0.2, 0.25) is 0 Å². The van der Waals surface area contributed by atoms with Crippen molar-refractivity contribution < 1.29 is 0 Å². The molecule has 3 rings (SSSR count). The van der Waals surface area contributed by atoms with Crippen molar-refractivity contribution >= 4 is 0 Å². The maximum absolute atomic E-state index is 5.97. The quantitative estimate of drug-likeness (QED) is 0.768. The van der Waals surface area contributed by atoms with E-state index in [0.29, 0.717) is 5.54 Å². The summed E-state index contributed by atoms with van der Waals surface area (Å²) in [5.74, 6) is 1.04. The monoisotopic (exact) mass is 223 g/mol. The normalized spacial score (nSPS) is 31.3. The van der Waals surface area contributed by atoms with Crippen LogP contribution in [-0.4, -0.2) is 54.6 Å². The molecule has 1 heterocycles. The summed E-state index contributed by atoms with van der Waals surface area (Å²) in [4.78, 5) is 5.34. The minimum absolute atomic E-state index is 0.408. The molecule has 3 nitrogen and oxygen atoms in total. The Morgan fingerprint density at radius 1 is 1.06 bits per heavy atom. The molecule has 1 saturated heterocycles. The molecule has 0 spiro atoms. The summed E-state index contributed by atoms with van der Waals surface area (Å²) >= 11 is 0. The van der Waals surface area contributed by atoms with E-state index in [1.807, 2.05) is 0 Å². The van der Waals surface area contributed by atoms with Crippen LogP contribution in [0, 0.1) is 5.92 Å². The Labute approximate surface area is 99.0 Å². The van der Waals surface area contributed by atoms with E-state index in [4.69, 9.17) is 5.73 Å². The van der Waals surface area contributed by atoms with Crippen LogP contribution in [0.1, 0.15) is 32.1 Å². The van der Waals surface area contributed by atoms with Gasteiger partial charge in [0, 0.05) is 44.8 Å². The van der Waals surface area contributed by atoms with Crippen LogP contribution in [0.15, 0.2) is 0 Å². The molecule has 2 saturated carbocycles. The lowest BCUT2D eigenvalue weighted by atomic mass is 9.75. The van der Waals surface area contributed by atoms with E-state index in [2.05, 4.69) is 9.80 Å². The molecule has 0 bridgehead atoms. The van der Waals surface area contributed by atoms with Gasteiger partial charge in [-0.15, -0.1) is 0 Å². The molecule has 0 atom stereocenters. The summed E-state index contributed by atoms with van der Waals surface area (Å²) < 4.78 is 0. The lowest BCUT2D eigenvalue weighted by molar-refractivity contribution is -0.0131. The molecule has 0 aromatic heterocycles. The molecule has 3 heteroatoms. The van der Waals surface area contributed by atoms with Gasteiger partial charge in [-0.3, -0.25) is 4.90 Å². The van der Waals surface area contributed by atoms with E-state index in [-0.39, 0.29) is 0 Å². The second-order valence-corrected chi connectivity index (χ2v) is 6.01. The van der Waals surface area contributed by atoms with Gasteiger partial charge < -0.3 is 10.6 Å². The maximum atomic E-state index is 5.97. The summed E-state index contributed by atoms with van der Waals surface area (Å²) in [6.07, 6.45) is 7.03. The minimum Gasteiger partial charge on any atom is -0.329 e. The first-order chi connectivity index (χ1) is 7.82. The number of nitrogens with two attached hydrogens (primary N) is 1. The summed E-state index contributed by atoms with van der Waals surface area (Å²) in [6.45, 7) is 7.30. The average Bonchev–Trinajstić information content (AvgIpc) is 3.04. The van der Waals surface area contributed by atoms with Crippen molar-refractivity contribution in [1.82, 2.24) is 9.80 Å². The van der Waals surface area contributed by atoms with Crippen molar-refractivity contribution in [2.75, 3.05) is 39.3 Å². The van der Waals surface area contributed by atoms with Gasteiger partial charge in [-0.25, -0.2) is 0 Å². The van der Waals surface area contributed by atoms with Gasteiger partial charge in [0.1, 0.15) is 0 Å². The first kappa shape index (κ1) is 11.0. The maximum Gasteiger partial charge on any atom is 0.0332 e. The summed E-state index contributed by atoms with van der Waals surface area (Å²) in [7, 11) is 0. The van der Waals surface area contributed by atoms with Gasteiger partial charge in [0.25, 0.3) is 0 Å². The zero-order chi connectivity index (χ0) is 11.0. The van der Waals surface area contributed by atoms with Gasteiger partial charge in [-0.1, -0.05) is 0 Å². The molecule has 1 aliphatic heterocycles. The Kier molecular flexibility index (Phi) is 2.94. The van der Waals surface area contributed by atoms with Crippen molar-refractivity contribution in [1.29, 1.82) is 0 Å². The van der Waals surface area contributed by atoms with Crippen molar-refractivity contribution in [3.8, 4) is 0 Å². The third kappa shape index (κ3) is 2.01. The standard InChI is InChI=1S/C13H25N3/c14-11-13(4-1-5-13)16-8-6-15(7-9-16)10-12-2-3-12/h12H,1-11,14H2. The molecule has 0 radical (unpaired) electrons. The Hall–Kier alpha value is -0.120. The average molecular weight is 223 g/mol. The van der Waals surface area contributed by atoms with Crippen LogP contribution in [0.2, 0.25) is 0 Å². The summed E-state index contributed by atoms with van der Waals surface area (Å²) in [5.41, 5.74) is 6.38. The predicted molar refractivity (Wildman–Crippen MR) is 66.4 cm³/mol. The van der Waals surface area contributed by atoms with E-state index >= 15 is 0 Å². The van der Waals surface area contributed by atoms with Crippen LogP contribution < -0.4 is 5.73 Å². The van der Waals surface area contributed by atoms with Crippen molar-refractivity contribution in [3.05, 3.63) is 0 Å². The van der Waals surface area contributed by atoms with Crippen LogP contribution in [0.25, 0.3) is 0 Å². The van der Waals surface area contributed by atoms with Gasteiger partial charge in [0.15, 0.2) is 0 Å². The van der Waals surface area contributed by atoms with Crippen LogP contribution >= 0.6 is 0 Å². The highest BCUT2D eigenvalue weighted by Crippen LogP contribution is 2.37. The molecule has 0 unspecified atom stereocenters. The zero-order valence-corrected chi connectivity index (χ0v) is 10.3. The van der Waals surface area contributed by atoms with Gasteiger partial charge >= 0.3 is 0 Å². The van der Waals surface area contributed by atoms with Gasteiger partial charge in [-0.05, 0) is 38.0 Å².